The first-order valence-corrected chi connectivity index (χ1v) is 8.81. The fourth-order valence-corrected chi connectivity index (χ4v) is 3.21. The molecule has 6 heteroatoms. The summed E-state index contributed by atoms with van der Waals surface area (Å²) < 4.78 is 7.20. The summed E-state index contributed by atoms with van der Waals surface area (Å²) >= 11 is 0. The number of pyridine rings is 1. The molecule has 0 spiro atoms. The summed E-state index contributed by atoms with van der Waals surface area (Å²) in [4.78, 5) is 6.85. The number of ether oxygens (including phenoxy) is 1. The molecule has 26 heavy (non-hydrogen) atoms. The summed E-state index contributed by atoms with van der Waals surface area (Å²) in [7, 11) is 1.93. The first kappa shape index (κ1) is 16.8. The van der Waals surface area contributed by atoms with Gasteiger partial charge in [-0.3, -0.25) is 9.58 Å². The Balaban J connectivity index is 1.51. The standard InChI is InChI=1S/C20H23N5O/c1-15(13-25-5-7-26-8-6-25)23-20-10-18-9-16(3-4-17(18)11-21-20)19-12-22-24(2)14-19/h3-4,9-12,14H,1,5-8,13H2,2H3,(H,21,23). The summed E-state index contributed by atoms with van der Waals surface area (Å²) in [5, 5.41) is 9.85. The molecule has 0 aliphatic carbocycles. The maximum absolute atomic E-state index is 5.39. The highest BCUT2D eigenvalue weighted by molar-refractivity contribution is 5.88. The SMILES string of the molecule is C=C(CN1CCOCC1)Nc1cc2cc(-c3cnn(C)c3)ccc2cn1. The number of nitrogens with zero attached hydrogens (tertiary/aromatic N) is 4. The lowest BCUT2D eigenvalue weighted by atomic mass is 10.1. The van der Waals surface area contributed by atoms with E-state index in [1.807, 2.05) is 30.3 Å². The van der Waals surface area contributed by atoms with Gasteiger partial charge in [-0.15, -0.1) is 0 Å². The van der Waals surface area contributed by atoms with Crippen LogP contribution in [0.5, 0.6) is 0 Å². The highest BCUT2D eigenvalue weighted by atomic mass is 16.5. The first-order valence-electron chi connectivity index (χ1n) is 8.81. The van der Waals surface area contributed by atoms with Crippen molar-refractivity contribution in [3.63, 3.8) is 0 Å². The van der Waals surface area contributed by atoms with Crippen molar-refractivity contribution in [1.29, 1.82) is 0 Å². The van der Waals surface area contributed by atoms with E-state index < -0.39 is 0 Å². The van der Waals surface area contributed by atoms with Gasteiger partial charge in [-0.1, -0.05) is 18.7 Å². The Labute approximate surface area is 153 Å². The predicted molar refractivity (Wildman–Crippen MR) is 104 cm³/mol. The van der Waals surface area contributed by atoms with E-state index in [9.17, 15) is 0 Å². The Morgan fingerprint density at radius 2 is 2.00 bits per heavy atom. The van der Waals surface area contributed by atoms with Crippen LogP contribution in [0.25, 0.3) is 21.9 Å². The van der Waals surface area contributed by atoms with Crippen molar-refractivity contribution in [1.82, 2.24) is 19.7 Å². The molecule has 3 aromatic rings. The Kier molecular flexibility index (Phi) is 4.69. The van der Waals surface area contributed by atoms with E-state index in [0.717, 1.165) is 66.3 Å². The molecule has 1 aliphatic rings. The minimum Gasteiger partial charge on any atom is -0.379 e. The minimum atomic E-state index is 0.790. The summed E-state index contributed by atoms with van der Waals surface area (Å²) in [6.45, 7) is 8.42. The van der Waals surface area contributed by atoms with E-state index in [4.69, 9.17) is 4.74 Å². The van der Waals surface area contributed by atoms with Crippen LogP contribution in [0.15, 0.2) is 55.1 Å². The van der Waals surface area contributed by atoms with Gasteiger partial charge in [0, 0.05) is 55.7 Å². The van der Waals surface area contributed by atoms with Gasteiger partial charge in [0.2, 0.25) is 0 Å². The summed E-state index contributed by atoms with van der Waals surface area (Å²) in [6.07, 6.45) is 5.80. The second kappa shape index (κ2) is 7.27. The van der Waals surface area contributed by atoms with Gasteiger partial charge in [-0.25, -0.2) is 4.98 Å². The van der Waals surface area contributed by atoms with Crippen LogP contribution in [0, 0.1) is 0 Å². The number of anilines is 1. The highest BCUT2D eigenvalue weighted by Crippen LogP contribution is 2.25. The number of hydrogen-bond donors (Lipinski definition) is 1. The van der Waals surface area contributed by atoms with Crippen molar-refractivity contribution in [3.8, 4) is 11.1 Å². The van der Waals surface area contributed by atoms with Crippen LogP contribution in [0.2, 0.25) is 0 Å². The molecule has 0 saturated carbocycles. The molecule has 2 aromatic heterocycles. The monoisotopic (exact) mass is 349 g/mol. The Morgan fingerprint density at radius 3 is 2.77 bits per heavy atom. The first-order chi connectivity index (χ1) is 12.7. The fraction of sp³-hybridized carbons (Fsp3) is 0.300. The van der Waals surface area contributed by atoms with E-state index in [-0.39, 0.29) is 0 Å². The number of fused-ring (bicyclic) bond motifs is 1. The van der Waals surface area contributed by atoms with Crippen molar-refractivity contribution in [2.24, 2.45) is 7.05 Å². The highest BCUT2D eigenvalue weighted by Gasteiger charge is 2.11. The third kappa shape index (κ3) is 3.76. The topological polar surface area (TPSA) is 55.2 Å². The number of nitrogens with one attached hydrogen (secondary N) is 1. The molecule has 3 heterocycles. The third-order valence-corrected chi connectivity index (χ3v) is 4.58. The van der Waals surface area contributed by atoms with Gasteiger partial charge >= 0.3 is 0 Å². The summed E-state index contributed by atoms with van der Waals surface area (Å²) in [5.74, 6) is 0.819. The van der Waals surface area contributed by atoms with E-state index in [1.54, 1.807) is 0 Å². The lowest BCUT2D eigenvalue weighted by molar-refractivity contribution is 0.0424. The van der Waals surface area contributed by atoms with Crippen LogP contribution in [0.4, 0.5) is 5.82 Å². The minimum absolute atomic E-state index is 0.790. The second-order valence-corrected chi connectivity index (χ2v) is 6.65. The normalized spacial score (nSPS) is 15.3. The zero-order valence-corrected chi connectivity index (χ0v) is 15.0. The van der Waals surface area contributed by atoms with Crippen molar-refractivity contribution in [3.05, 3.63) is 55.1 Å². The van der Waals surface area contributed by atoms with Gasteiger partial charge in [0.1, 0.15) is 5.82 Å². The molecule has 0 radical (unpaired) electrons. The number of benzene rings is 1. The van der Waals surface area contributed by atoms with E-state index in [2.05, 4.69) is 51.1 Å². The Morgan fingerprint density at radius 1 is 1.15 bits per heavy atom. The fourth-order valence-electron chi connectivity index (χ4n) is 3.21. The lowest BCUT2D eigenvalue weighted by Gasteiger charge is -2.27. The number of aromatic nitrogens is 3. The van der Waals surface area contributed by atoms with Crippen molar-refractivity contribution < 1.29 is 4.74 Å². The average Bonchev–Trinajstić information content (AvgIpc) is 3.08. The average molecular weight is 349 g/mol. The van der Waals surface area contributed by atoms with Crippen molar-refractivity contribution in [2.75, 3.05) is 38.2 Å². The maximum Gasteiger partial charge on any atom is 0.130 e. The van der Waals surface area contributed by atoms with Crippen LogP contribution >= 0.6 is 0 Å². The maximum atomic E-state index is 5.39. The van der Waals surface area contributed by atoms with Crippen LogP contribution in [0.3, 0.4) is 0 Å². The van der Waals surface area contributed by atoms with Crippen molar-refractivity contribution >= 4 is 16.6 Å². The molecule has 0 bridgehead atoms. The number of rotatable bonds is 5. The molecule has 0 amide bonds. The molecular formula is C20H23N5O. The predicted octanol–water partition coefficient (Wildman–Crippen LogP) is 2.89. The zero-order valence-electron chi connectivity index (χ0n) is 15.0. The molecule has 1 aromatic carbocycles. The number of morpholine rings is 1. The molecule has 1 N–H and O–H groups in total. The van der Waals surface area contributed by atoms with E-state index in [0.29, 0.717) is 0 Å². The van der Waals surface area contributed by atoms with Gasteiger partial charge in [0.05, 0.1) is 19.4 Å². The zero-order chi connectivity index (χ0) is 17.9. The number of hydrogen-bond acceptors (Lipinski definition) is 5. The van der Waals surface area contributed by atoms with Crippen LogP contribution in [-0.4, -0.2) is 52.5 Å². The molecule has 6 nitrogen and oxygen atoms in total. The van der Waals surface area contributed by atoms with Crippen LogP contribution in [0.1, 0.15) is 0 Å². The molecule has 0 unspecified atom stereocenters. The summed E-state index contributed by atoms with van der Waals surface area (Å²) in [6, 6.07) is 8.44. The molecular weight excluding hydrogens is 326 g/mol. The van der Waals surface area contributed by atoms with E-state index >= 15 is 0 Å². The third-order valence-electron chi connectivity index (χ3n) is 4.58. The molecule has 4 rings (SSSR count). The quantitative estimate of drug-likeness (QED) is 0.768. The largest absolute Gasteiger partial charge is 0.379 e. The van der Waals surface area contributed by atoms with Crippen molar-refractivity contribution in [2.45, 2.75) is 0 Å². The van der Waals surface area contributed by atoms with Gasteiger partial charge in [-0.2, -0.15) is 5.10 Å². The molecule has 1 aliphatic heterocycles. The van der Waals surface area contributed by atoms with E-state index in [1.165, 1.54) is 0 Å². The van der Waals surface area contributed by atoms with Gasteiger partial charge in [0.25, 0.3) is 0 Å². The smallest absolute Gasteiger partial charge is 0.130 e. The van der Waals surface area contributed by atoms with Crippen LogP contribution in [-0.2, 0) is 11.8 Å². The van der Waals surface area contributed by atoms with Gasteiger partial charge < -0.3 is 10.1 Å². The Bertz CT molecular complexity index is 927. The summed E-state index contributed by atoms with van der Waals surface area (Å²) in [5.41, 5.74) is 3.20. The molecule has 1 saturated heterocycles. The lowest BCUT2D eigenvalue weighted by Crippen LogP contribution is -2.38. The molecule has 1 fully saturated rings. The van der Waals surface area contributed by atoms with Gasteiger partial charge in [-0.05, 0) is 23.1 Å². The number of aryl methyl sites for hydroxylation is 1. The molecule has 0 atom stereocenters. The Hall–Kier alpha value is -2.70. The van der Waals surface area contributed by atoms with Gasteiger partial charge in [0.15, 0.2) is 0 Å². The van der Waals surface area contributed by atoms with Crippen LogP contribution < -0.4 is 5.32 Å². The second-order valence-electron chi connectivity index (χ2n) is 6.65. The molecule has 134 valence electrons.